The van der Waals surface area contributed by atoms with Gasteiger partial charge < -0.3 is 10.1 Å². The maximum Gasteiger partial charge on any atom is 0.313 e. The Hall–Kier alpha value is -1.06. The molecule has 0 aromatic rings. The molecule has 4 nitrogen and oxygen atoms in total. The third-order valence-corrected chi connectivity index (χ3v) is 4.73. The molecule has 1 fully saturated rings. The first-order valence-corrected chi connectivity index (χ1v) is 6.34. The fourth-order valence-electron chi connectivity index (χ4n) is 2.61. The van der Waals surface area contributed by atoms with E-state index in [2.05, 4.69) is 33.0 Å². The molecule has 1 saturated carbocycles. The van der Waals surface area contributed by atoms with Crippen LogP contribution in [0, 0.1) is 22.2 Å². The van der Waals surface area contributed by atoms with Crippen LogP contribution in [0.2, 0.25) is 0 Å². The van der Waals surface area contributed by atoms with E-state index in [1.807, 2.05) is 0 Å². The lowest BCUT2D eigenvalue weighted by atomic mass is 9.93. The van der Waals surface area contributed by atoms with Crippen molar-refractivity contribution >= 4 is 11.9 Å². The molecule has 0 aromatic heterocycles. The molecule has 0 atom stereocenters. The van der Waals surface area contributed by atoms with Crippen LogP contribution < -0.4 is 5.32 Å². The third kappa shape index (κ3) is 2.25. The summed E-state index contributed by atoms with van der Waals surface area (Å²) >= 11 is 0. The van der Waals surface area contributed by atoms with Crippen LogP contribution in [-0.4, -0.2) is 25.5 Å². The van der Waals surface area contributed by atoms with Crippen LogP contribution in [0.1, 0.15) is 41.5 Å². The second-order valence-corrected chi connectivity index (χ2v) is 6.97. The van der Waals surface area contributed by atoms with Crippen molar-refractivity contribution in [3.63, 3.8) is 0 Å². The van der Waals surface area contributed by atoms with Gasteiger partial charge in [0.1, 0.15) is 0 Å². The summed E-state index contributed by atoms with van der Waals surface area (Å²) in [4.78, 5) is 23.6. The molecule has 4 heteroatoms. The zero-order valence-corrected chi connectivity index (χ0v) is 12.5. The molecule has 1 N–H and O–H groups in total. The minimum atomic E-state index is -0.687. The lowest BCUT2D eigenvalue weighted by Gasteiger charge is -2.22. The van der Waals surface area contributed by atoms with Crippen molar-refractivity contribution in [1.82, 2.24) is 5.32 Å². The first kappa shape index (κ1) is 15.0. The Bertz CT molecular complexity index is 355. The van der Waals surface area contributed by atoms with Gasteiger partial charge in [0.05, 0.1) is 12.5 Å². The summed E-state index contributed by atoms with van der Waals surface area (Å²) in [5.74, 6) is -0.266. The summed E-state index contributed by atoms with van der Waals surface area (Å²) in [6.07, 6.45) is 0. The quantitative estimate of drug-likeness (QED) is 0.782. The molecule has 0 saturated heterocycles. The molecular weight excluding hydrogens is 230 g/mol. The highest BCUT2D eigenvalue weighted by Gasteiger charge is 2.68. The standard InChI is InChI=1S/C14H25NO3/c1-12(2,11(17)18-7)8-15-10(16)9-13(3,4)14(9,5)6/h9H,8H2,1-7H3,(H,15,16). The predicted molar refractivity (Wildman–Crippen MR) is 69.9 cm³/mol. The van der Waals surface area contributed by atoms with Crippen LogP contribution in [-0.2, 0) is 14.3 Å². The third-order valence-electron chi connectivity index (χ3n) is 4.73. The molecule has 0 aromatic carbocycles. The van der Waals surface area contributed by atoms with E-state index in [4.69, 9.17) is 4.74 Å². The van der Waals surface area contributed by atoms with Gasteiger partial charge in [0.2, 0.25) is 5.91 Å². The van der Waals surface area contributed by atoms with Gasteiger partial charge in [0.25, 0.3) is 0 Å². The van der Waals surface area contributed by atoms with E-state index < -0.39 is 5.41 Å². The van der Waals surface area contributed by atoms with E-state index in [1.54, 1.807) is 13.8 Å². The Balaban J connectivity index is 2.57. The number of nitrogens with one attached hydrogen (secondary N) is 1. The number of esters is 1. The highest BCUT2D eigenvalue weighted by molar-refractivity contribution is 5.85. The number of carbonyl (C=O) groups excluding carboxylic acids is 2. The van der Waals surface area contributed by atoms with E-state index in [0.29, 0.717) is 6.54 Å². The fourth-order valence-corrected chi connectivity index (χ4v) is 2.61. The van der Waals surface area contributed by atoms with Crippen molar-refractivity contribution in [2.45, 2.75) is 41.5 Å². The highest BCUT2D eigenvalue weighted by atomic mass is 16.5. The second-order valence-electron chi connectivity index (χ2n) is 6.97. The Kier molecular flexibility index (Phi) is 3.54. The van der Waals surface area contributed by atoms with Crippen molar-refractivity contribution in [3.05, 3.63) is 0 Å². The average molecular weight is 255 g/mol. The topological polar surface area (TPSA) is 55.4 Å². The Morgan fingerprint density at radius 2 is 1.61 bits per heavy atom. The number of hydrogen-bond donors (Lipinski definition) is 1. The Morgan fingerprint density at radius 3 is 1.94 bits per heavy atom. The van der Waals surface area contributed by atoms with Gasteiger partial charge in [0, 0.05) is 12.5 Å². The number of amides is 1. The van der Waals surface area contributed by atoms with E-state index in [9.17, 15) is 9.59 Å². The van der Waals surface area contributed by atoms with Gasteiger partial charge in [0.15, 0.2) is 0 Å². The lowest BCUT2D eigenvalue weighted by molar-refractivity contribution is -0.150. The van der Waals surface area contributed by atoms with Crippen LogP contribution in [0.3, 0.4) is 0 Å². The fraction of sp³-hybridized carbons (Fsp3) is 0.857. The lowest BCUT2D eigenvalue weighted by Crippen LogP contribution is -2.40. The van der Waals surface area contributed by atoms with E-state index in [1.165, 1.54) is 7.11 Å². The van der Waals surface area contributed by atoms with Crippen LogP contribution in [0.15, 0.2) is 0 Å². The second kappa shape index (κ2) is 4.25. The summed E-state index contributed by atoms with van der Waals surface area (Å²) < 4.78 is 4.72. The van der Waals surface area contributed by atoms with E-state index in [0.717, 1.165) is 0 Å². The van der Waals surface area contributed by atoms with Gasteiger partial charge >= 0.3 is 5.97 Å². The summed E-state index contributed by atoms with van der Waals surface area (Å²) in [6.45, 7) is 12.2. The van der Waals surface area contributed by atoms with Gasteiger partial charge in [-0.3, -0.25) is 9.59 Å². The van der Waals surface area contributed by atoms with Crippen molar-refractivity contribution in [2.75, 3.05) is 13.7 Å². The van der Waals surface area contributed by atoms with Crippen molar-refractivity contribution < 1.29 is 14.3 Å². The molecule has 1 rings (SSSR count). The summed E-state index contributed by atoms with van der Waals surface area (Å²) in [7, 11) is 1.36. The predicted octanol–water partition coefficient (Wildman–Crippen LogP) is 1.98. The van der Waals surface area contributed by atoms with Crippen LogP contribution >= 0.6 is 0 Å². The highest BCUT2D eigenvalue weighted by Crippen LogP contribution is 2.68. The maximum atomic E-state index is 12.1. The number of methoxy groups -OCH3 is 1. The largest absolute Gasteiger partial charge is 0.469 e. The Labute approximate surface area is 109 Å². The van der Waals surface area contributed by atoms with Gasteiger partial charge in [-0.2, -0.15) is 0 Å². The molecule has 0 spiro atoms. The number of rotatable bonds is 4. The zero-order chi connectivity index (χ0) is 14.4. The molecule has 18 heavy (non-hydrogen) atoms. The summed E-state index contributed by atoms with van der Waals surface area (Å²) in [5.41, 5.74) is -0.646. The van der Waals surface area contributed by atoms with E-state index in [-0.39, 0.29) is 28.6 Å². The minimum Gasteiger partial charge on any atom is -0.469 e. The number of hydrogen-bond acceptors (Lipinski definition) is 3. The summed E-state index contributed by atoms with van der Waals surface area (Å²) in [6, 6.07) is 0. The molecule has 1 aliphatic rings. The Morgan fingerprint density at radius 1 is 1.17 bits per heavy atom. The van der Waals surface area contributed by atoms with Crippen molar-refractivity contribution in [1.29, 1.82) is 0 Å². The van der Waals surface area contributed by atoms with Crippen LogP contribution in [0.4, 0.5) is 0 Å². The van der Waals surface area contributed by atoms with Crippen molar-refractivity contribution in [3.8, 4) is 0 Å². The van der Waals surface area contributed by atoms with Gasteiger partial charge in [-0.15, -0.1) is 0 Å². The average Bonchev–Trinajstić information content (AvgIpc) is 2.65. The zero-order valence-electron chi connectivity index (χ0n) is 12.5. The molecule has 0 bridgehead atoms. The summed E-state index contributed by atoms with van der Waals surface area (Å²) in [5, 5.41) is 2.87. The molecule has 0 heterocycles. The molecule has 104 valence electrons. The van der Waals surface area contributed by atoms with Gasteiger partial charge in [-0.05, 0) is 24.7 Å². The van der Waals surface area contributed by atoms with Crippen molar-refractivity contribution in [2.24, 2.45) is 22.2 Å². The van der Waals surface area contributed by atoms with Gasteiger partial charge in [-0.25, -0.2) is 0 Å². The molecular formula is C14H25NO3. The van der Waals surface area contributed by atoms with E-state index >= 15 is 0 Å². The SMILES string of the molecule is COC(=O)C(C)(C)CNC(=O)C1C(C)(C)C1(C)C. The van der Waals surface area contributed by atoms with Crippen LogP contribution in [0.5, 0.6) is 0 Å². The first-order chi connectivity index (χ1) is 7.98. The molecule has 0 unspecified atom stereocenters. The van der Waals surface area contributed by atoms with Crippen LogP contribution in [0.25, 0.3) is 0 Å². The maximum absolute atomic E-state index is 12.1. The monoisotopic (exact) mass is 255 g/mol. The first-order valence-electron chi connectivity index (χ1n) is 6.34. The normalized spacial score (nSPS) is 21.3. The number of carbonyl (C=O) groups is 2. The molecule has 0 radical (unpaired) electrons. The smallest absolute Gasteiger partial charge is 0.313 e. The molecule has 1 amide bonds. The van der Waals surface area contributed by atoms with Gasteiger partial charge in [-0.1, -0.05) is 27.7 Å². The minimum absolute atomic E-state index is 0.0125. The molecule has 0 aliphatic heterocycles. The molecule has 1 aliphatic carbocycles. The number of ether oxygens (including phenoxy) is 1.